The van der Waals surface area contributed by atoms with E-state index in [-0.39, 0.29) is 10.9 Å². The van der Waals surface area contributed by atoms with Crippen LogP contribution in [0.1, 0.15) is 53.7 Å². The number of nitrogens with two attached hydrogens (primary N) is 1. The molecular weight excluding hydrogens is 523 g/mol. The van der Waals surface area contributed by atoms with Crippen LogP contribution in [0.2, 0.25) is 0 Å². The molecule has 1 heterocycles. The van der Waals surface area contributed by atoms with Crippen molar-refractivity contribution in [3.05, 3.63) is 65.2 Å². The largest absolute Gasteiger partial charge is 0.491 e. The van der Waals surface area contributed by atoms with Crippen molar-refractivity contribution in [2.24, 2.45) is 5.73 Å². The second-order valence-corrected chi connectivity index (χ2v) is 9.71. The van der Waals surface area contributed by atoms with Crippen LogP contribution in [0.25, 0.3) is 0 Å². The highest BCUT2D eigenvalue weighted by Crippen LogP contribution is 2.36. The van der Waals surface area contributed by atoms with Crippen molar-refractivity contribution in [1.29, 1.82) is 0 Å². The van der Waals surface area contributed by atoms with Gasteiger partial charge in [0.1, 0.15) is 6.04 Å². The molecule has 38 heavy (non-hydrogen) atoms. The van der Waals surface area contributed by atoms with E-state index in [1.807, 2.05) is 0 Å². The first-order chi connectivity index (χ1) is 17.8. The minimum atomic E-state index is -5.35. The summed E-state index contributed by atoms with van der Waals surface area (Å²) < 4.78 is 41.7. The van der Waals surface area contributed by atoms with Gasteiger partial charge in [-0.1, -0.05) is 36.4 Å². The summed E-state index contributed by atoms with van der Waals surface area (Å²) in [4.78, 5) is 53.5. The number of carbonyl (C=O) groups excluding carboxylic acids is 4. The Morgan fingerprint density at radius 1 is 1.13 bits per heavy atom. The zero-order chi connectivity index (χ0) is 28.2. The molecule has 2 N–H and O–H groups in total. The molecule has 204 valence electrons. The highest BCUT2D eigenvalue weighted by atomic mass is 32.1. The third-order valence-corrected chi connectivity index (χ3v) is 6.44. The molecule has 0 fully saturated rings. The van der Waals surface area contributed by atoms with Gasteiger partial charge in [-0.05, 0) is 49.4 Å². The monoisotopic (exact) mass is 551 g/mol. The third-order valence-electron chi connectivity index (χ3n) is 6.19. The number of anilines is 1. The molecule has 1 aliphatic rings. The molecule has 0 saturated heterocycles. The summed E-state index contributed by atoms with van der Waals surface area (Å²) in [5.41, 5.74) is 7.50. The van der Waals surface area contributed by atoms with Gasteiger partial charge < -0.3 is 20.3 Å². The van der Waals surface area contributed by atoms with Crippen molar-refractivity contribution in [1.82, 2.24) is 4.90 Å². The summed E-state index contributed by atoms with van der Waals surface area (Å²) in [6.45, 7) is 1.41. The molecule has 0 radical (unpaired) electrons. The number of likely N-dealkylation sites (N-methyl/N-ethyl adjacent to an activating group) is 1. The molecule has 3 atom stereocenters. The molecule has 3 unspecified atom stereocenters. The molecule has 2 aromatic rings. The molecule has 2 aromatic carbocycles. The van der Waals surface area contributed by atoms with Gasteiger partial charge in [-0.25, -0.2) is 4.79 Å². The van der Waals surface area contributed by atoms with Crippen LogP contribution in [-0.4, -0.2) is 53.3 Å². The van der Waals surface area contributed by atoms with Gasteiger partial charge in [0.15, 0.2) is 0 Å². The van der Waals surface area contributed by atoms with Crippen molar-refractivity contribution in [3.63, 3.8) is 0 Å². The summed E-state index contributed by atoms with van der Waals surface area (Å²) in [6.07, 6.45) is -4.16. The van der Waals surface area contributed by atoms with Crippen LogP contribution < -0.4 is 10.6 Å². The van der Waals surface area contributed by atoms with E-state index in [1.54, 1.807) is 48.5 Å². The fraction of sp³-hybridized carbons (Fsp3) is 0.385. The zero-order valence-electron chi connectivity index (χ0n) is 20.8. The number of halogens is 3. The molecule has 12 heteroatoms. The van der Waals surface area contributed by atoms with Crippen LogP contribution in [0.15, 0.2) is 48.5 Å². The number of thiol groups is 1. The molecule has 0 bridgehead atoms. The number of fused-ring (bicyclic) bond motifs is 1. The Hall–Kier alpha value is -3.38. The van der Waals surface area contributed by atoms with Crippen LogP contribution in [0.5, 0.6) is 0 Å². The zero-order valence-corrected chi connectivity index (χ0v) is 21.7. The van der Waals surface area contributed by atoms with Gasteiger partial charge in [-0.3, -0.25) is 14.4 Å². The summed E-state index contributed by atoms with van der Waals surface area (Å²) in [5, 5.41) is -0.284. The van der Waals surface area contributed by atoms with Gasteiger partial charge in [0.05, 0.1) is 17.7 Å². The quantitative estimate of drug-likeness (QED) is 0.224. The fourth-order valence-corrected chi connectivity index (χ4v) is 4.51. The Labute approximate surface area is 223 Å². The Balaban J connectivity index is 2.01. The lowest BCUT2D eigenvalue weighted by Gasteiger charge is -2.34. The number of carbonyl (C=O) groups is 4. The summed E-state index contributed by atoms with van der Waals surface area (Å²) in [6, 6.07) is 11.2. The molecular formula is C26H28F3N3O5S. The molecule has 2 amide bonds. The Morgan fingerprint density at radius 3 is 2.39 bits per heavy atom. The third kappa shape index (κ3) is 6.73. The van der Waals surface area contributed by atoms with E-state index in [9.17, 15) is 32.3 Å². The minimum absolute atomic E-state index is 0.193. The highest BCUT2D eigenvalue weighted by molar-refractivity contribution is 7.80. The van der Waals surface area contributed by atoms with Gasteiger partial charge in [-0.15, -0.1) is 0 Å². The molecule has 1 aliphatic heterocycles. The van der Waals surface area contributed by atoms with Crippen molar-refractivity contribution in [2.75, 3.05) is 11.9 Å². The molecule has 0 aromatic heterocycles. The van der Waals surface area contributed by atoms with Gasteiger partial charge >= 0.3 is 18.1 Å². The number of hydrogen-bond acceptors (Lipinski definition) is 7. The number of ether oxygens (including phenoxy) is 1. The average Bonchev–Trinajstić information content (AvgIpc) is 2.92. The van der Waals surface area contributed by atoms with Gasteiger partial charge in [0.25, 0.3) is 11.8 Å². The van der Waals surface area contributed by atoms with E-state index in [1.165, 1.54) is 18.9 Å². The number of hydrogen-bond donors (Lipinski definition) is 2. The van der Waals surface area contributed by atoms with E-state index < -0.39 is 48.4 Å². The Morgan fingerprint density at radius 2 is 1.79 bits per heavy atom. The van der Waals surface area contributed by atoms with Crippen LogP contribution in [0.4, 0.5) is 18.9 Å². The number of aryl methyl sites for hydroxylation is 1. The minimum Gasteiger partial charge on any atom is -0.386 e. The highest BCUT2D eigenvalue weighted by Gasteiger charge is 2.44. The molecule has 8 nitrogen and oxygen atoms in total. The number of alkyl halides is 3. The lowest BCUT2D eigenvalue weighted by atomic mass is 10.00. The van der Waals surface area contributed by atoms with E-state index in [4.69, 9.17) is 5.73 Å². The number of rotatable bonds is 8. The topological polar surface area (TPSA) is 110 Å². The fourth-order valence-electron chi connectivity index (χ4n) is 4.33. The van der Waals surface area contributed by atoms with Gasteiger partial charge in [0, 0.05) is 18.5 Å². The summed E-state index contributed by atoms with van der Waals surface area (Å²) in [7, 11) is 1.52. The van der Waals surface area contributed by atoms with Crippen molar-refractivity contribution >= 4 is 42.1 Å². The standard InChI is InChI=1S/C26H28F3N3O5S/c1-15(13-21(33)37-25(36)26(27,28)29)32-22(17-8-4-3-5-9-17)24(35)31(2)19-12-11-16(7-6-10-20(30)38)14-18(19)23(32)34/h3-5,8-9,11-12,14-15,20,22,38H,6-7,10,13,30H2,1-2H3. The Bertz CT molecular complexity index is 1210. The predicted octanol–water partition coefficient (Wildman–Crippen LogP) is 3.79. The summed E-state index contributed by atoms with van der Waals surface area (Å²) >= 11 is 4.17. The molecule has 0 spiro atoms. The van der Waals surface area contributed by atoms with Gasteiger partial charge in [0.2, 0.25) is 0 Å². The van der Waals surface area contributed by atoms with E-state index in [0.29, 0.717) is 30.5 Å². The number of nitrogens with zero attached hydrogens (tertiary/aromatic N) is 2. The lowest BCUT2D eigenvalue weighted by Crippen LogP contribution is -2.46. The number of esters is 2. The maximum atomic E-state index is 14.0. The maximum absolute atomic E-state index is 14.0. The SMILES string of the molecule is CC(CC(=O)OC(=O)C(F)(F)F)N1C(=O)c2cc(CCCC(N)S)ccc2N(C)C(=O)C1c1ccccc1. The first-order valence-electron chi connectivity index (χ1n) is 11.8. The smallest absolute Gasteiger partial charge is 0.386 e. The van der Waals surface area contributed by atoms with E-state index in [0.717, 1.165) is 10.5 Å². The average molecular weight is 552 g/mol. The number of benzene rings is 2. The predicted molar refractivity (Wildman–Crippen MR) is 136 cm³/mol. The first-order valence-corrected chi connectivity index (χ1v) is 12.4. The Kier molecular flexibility index (Phi) is 9.21. The normalized spacial score (nSPS) is 17.5. The van der Waals surface area contributed by atoms with E-state index in [2.05, 4.69) is 17.4 Å². The second kappa shape index (κ2) is 12.0. The van der Waals surface area contributed by atoms with Crippen molar-refractivity contribution in [3.8, 4) is 0 Å². The molecule has 3 rings (SSSR count). The lowest BCUT2D eigenvalue weighted by molar-refractivity contribution is -0.202. The maximum Gasteiger partial charge on any atom is 0.491 e. The van der Waals surface area contributed by atoms with E-state index >= 15 is 0 Å². The second-order valence-electron chi connectivity index (χ2n) is 9.05. The van der Waals surface area contributed by atoms with Crippen LogP contribution in [0.3, 0.4) is 0 Å². The van der Waals surface area contributed by atoms with Gasteiger partial charge in [-0.2, -0.15) is 25.8 Å². The van der Waals surface area contributed by atoms with Crippen LogP contribution in [-0.2, 0) is 25.5 Å². The van der Waals surface area contributed by atoms with Crippen molar-refractivity contribution < 1.29 is 37.1 Å². The van der Waals surface area contributed by atoms with Crippen LogP contribution >= 0.6 is 12.6 Å². The number of amides is 2. The molecule has 0 saturated carbocycles. The first kappa shape index (κ1) is 29.2. The summed E-state index contributed by atoms with van der Waals surface area (Å²) in [5.74, 6) is -5.20. The van der Waals surface area contributed by atoms with Crippen LogP contribution in [0, 0.1) is 0 Å². The van der Waals surface area contributed by atoms with Crippen molar-refractivity contribution in [2.45, 2.75) is 56.2 Å². The molecule has 0 aliphatic carbocycles.